The lowest BCUT2D eigenvalue weighted by Gasteiger charge is -2.24. The summed E-state index contributed by atoms with van der Waals surface area (Å²) in [7, 11) is 2.55. The van der Waals surface area contributed by atoms with Crippen LogP contribution in [0.3, 0.4) is 0 Å². The van der Waals surface area contributed by atoms with Gasteiger partial charge in [0.2, 0.25) is 0 Å². The van der Waals surface area contributed by atoms with Gasteiger partial charge in [0.05, 0.1) is 0 Å². The Bertz CT molecular complexity index is 133. The molecule has 0 unspecified atom stereocenters. The molecular formula is C8H26ClN3O3Si. The minimum Gasteiger partial charge on any atom is -0.377 e. The lowest BCUT2D eigenvalue weighted by molar-refractivity contribution is 0.123. The van der Waals surface area contributed by atoms with E-state index in [2.05, 4.69) is 5.32 Å². The molecule has 0 bridgehead atoms. The van der Waals surface area contributed by atoms with Gasteiger partial charge in [0, 0.05) is 40.5 Å². The van der Waals surface area contributed by atoms with Crippen molar-refractivity contribution in [1.82, 2.24) is 11.5 Å². The van der Waals surface area contributed by atoms with Gasteiger partial charge < -0.3 is 30.5 Å². The van der Waals surface area contributed by atoms with Crippen LogP contribution in [-0.2, 0) is 13.3 Å². The predicted octanol–water partition coefficient (Wildman–Crippen LogP) is 0.387. The van der Waals surface area contributed by atoms with Gasteiger partial charge in [0.15, 0.2) is 0 Å². The van der Waals surface area contributed by atoms with Crippen LogP contribution in [0.2, 0.25) is 6.04 Å². The van der Waals surface area contributed by atoms with Crippen molar-refractivity contribution >= 4 is 21.2 Å². The molecule has 0 saturated heterocycles. The van der Waals surface area contributed by atoms with Crippen LogP contribution < -0.4 is 17.2 Å². The van der Waals surface area contributed by atoms with E-state index in [-0.39, 0.29) is 18.6 Å². The highest BCUT2D eigenvalue weighted by atomic mass is 35.5. The molecule has 0 radical (unpaired) electrons. The summed E-state index contributed by atoms with van der Waals surface area (Å²) in [6, 6.07) is 0.827. The first-order valence-electron chi connectivity index (χ1n) is 4.81. The standard InChI is InChI=1S/C8H22N2O3Si.ClH.H3N/c1-11-14(12-2,13-3)8-4-6-10-7-5-9;;/h10H,4-9H2,1-3H3;1H;1H3. The van der Waals surface area contributed by atoms with Gasteiger partial charge in [-0.3, -0.25) is 0 Å². The summed E-state index contributed by atoms with van der Waals surface area (Å²) in [6.45, 7) is 2.44. The van der Waals surface area contributed by atoms with Crippen molar-refractivity contribution in [2.45, 2.75) is 12.5 Å². The van der Waals surface area contributed by atoms with Gasteiger partial charge >= 0.3 is 8.80 Å². The number of rotatable bonds is 9. The summed E-state index contributed by atoms with van der Waals surface area (Å²) in [4.78, 5) is 0. The fourth-order valence-electron chi connectivity index (χ4n) is 1.21. The van der Waals surface area contributed by atoms with Crippen molar-refractivity contribution in [3.8, 4) is 0 Å². The number of hydrogen-bond donors (Lipinski definition) is 3. The largest absolute Gasteiger partial charge is 0.500 e. The molecule has 8 heteroatoms. The number of nitrogens with two attached hydrogens (primary N) is 1. The first-order chi connectivity index (χ1) is 6.74. The molecule has 6 nitrogen and oxygen atoms in total. The Morgan fingerprint density at radius 2 is 1.56 bits per heavy atom. The van der Waals surface area contributed by atoms with Crippen LogP contribution in [0.1, 0.15) is 6.42 Å². The second-order valence-corrected chi connectivity index (χ2v) is 6.03. The van der Waals surface area contributed by atoms with Crippen molar-refractivity contribution in [2.75, 3.05) is 41.0 Å². The highest BCUT2D eigenvalue weighted by Crippen LogP contribution is 2.13. The number of hydrogen-bond acceptors (Lipinski definition) is 6. The Balaban J connectivity index is -0.000000845. The first kappa shape index (κ1) is 21.5. The third kappa shape index (κ3) is 8.42. The topological polar surface area (TPSA) is 101 Å². The van der Waals surface area contributed by atoms with Gasteiger partial charge in [-0.1, -0.05) is 0 Å². The monoisotopic (exact) mass is 275 g/mol. The second-order valence-electron chi connectivity index (χ2n) is 2.94. The molecule has 0 aliphatic carbocycles. The Kier molecular flexibility index (Phi) is 17.9. The maximum Gasteiger partial charge on any atom is 0.500 e. The van der Waals surface area contributed by atoms with Crippen LogP contribution in [-0.4, -0.2) is 49.8 Å². The molecule has 16 heavy (non-hydrogen) atoms. The number of nitrogens with one attached hydrogen (secondary N) is 1. The predicted molar refractivity (Wildman–Crippen MR) is 70.4 cm³/mol. The van der Waals surface area contributed by atoms with Crippen molar-refractivity contribution < 1.29 is 13.3 Å². The van der Waals surface area contributed by atoms with E-state index in [0.29, 0.717) is 6.54 Å². The molecule has 0 heterocycles. The third-order valence-corrected chi connectivity index (χ3v) is 4.92. The Morgan fingerprint density at radius 3 is 1.94 bits per heavy atom. The summed E-state index contributed by atoms with van der Waals surface area (Å²) in [5, 5.41) is 3.21. The first-order valence-corrected chi connectivity index (χ1v) is 6.74. The molecule has 0 aromatic rings. The van der Waals surface area contributed by atoms with Gasteiger partial charge in [-0.25, -0.2) is 0 Å². The number of halogens is 1. The van der Waals surface area contributed by atoms with Gasteiger partial charge in [-0.15, -0.1) is 12.4 Å². The van der Waals surface area contributed by atoms with Crippen LogP contribution >= 0.6 is 12.4 Å². The van der Waals surface area contributed by atoms with Gasteiger partial charge in [-0.2, -0.15) is 0 Å². The Labute approximate surface area is 106 Å². The Morgan fingerprint density at radius 1 is 1.06 bits per heavy atom. The highest BCUT2D eigenvalue weighted by Gasteiger charge is 2.36. The zero-order chi connectivity index (χ0) is 10.9. The molecule has 0 aliphatic heterocycles. The lowest BCUT2D eigenvalue weighted by atomic mass is 10.5. The maximum absolute atomic E-state index is 5.35. The minimum atomic E-state index is -2.35. The van der Waals surface area contributed by atoms with E-state index in [1.54, 1.807) is 21.3 Å². The molecule has 6 N–H and O–H groups in total. The van der Waals surface area contributed by atoms with Crippen LogP contribution in [0.15, 0.2) is 0 Å². The van der Waals surface area contributed by atoms with Gasteiger partial charge in [0.25, 0.3) is 0 Å². The van der Waals surface area contributed by atoms with Crippen LogP contribution in [0.5, 0.6) is 0 Å². The highest BCUT2D eigenvalue weighted by molar-refractivity contribution is 6.60. The molecule has 0 aliphatic rings. The van der Waals surface area contributed by atoms with Crippen molar-refractivity contribution in [2.24, 2.45) is 5.73 Å². The summed E-state index contributed by atoms with van der Waals surface area (Å²) >= 11 is 0. The van der Waals surface area contributed by atoms with E-state index in [9.17, 15) is 0 Å². The summed E-state index contributed by atoms with van der Waals surface area (Å²) in [5.74, 6) is 0. The summed E-state index contributed by atoms with van der Waals surface area (Å²) in [5.41, 5.74) is 5.35. The normalized spacial score (nSPS) is 10.5. The van der Waals surface area contributed by atoms with Crippen molar-refractivity contribution in [3.63, 3.8) is 0 Å². The van der Waals surface area contributed by atoms with Gasteiger partial charge in [-0.05, 0) is 13.0 Å². The quantitative estimate of drug-likeness (QED) is 0.416. The minimum absolute atomic E-state index is 0. The van der Waals surface area contributed by atoms with E-state index >= 15 is 0 Å². The van der Waals surface area contributed by atoms with E-state index in [0.717, 1.165) is 25.6 Å². The van der Waals surface area contributed by atoms with Crippen molar-refractivity contribution in [1.29, 1.82) is 0 Å². The van der Waals surface area contributed by atoms with E-state index in [4.69, 9.17) is 19.0 Å². The average molecular weight is 276 g/mol. The van der Waals surface area contributed by atoms with Crippen LogP contribution in [0.4, 0.5) is 0 Å². The molecule has 0 atom stereocenters. The van der Waals surface area contributed by atoms with E-state index in [1.165, 1.54) is 0 Å². The smallest absolute Gasteiger partial charge is 0.377 e. The molecule has 0 aromatic heterocycles. The van der Waals surface area contributed by atoms with Crippen LogP contribution in [0, 0.1) is 0 Å². The van der Waals surface area contributed by atoms with Gasteiger partial charge in [0.1, 0.15) is 0 Å². The molecule has 0 spiro atoms. The second kappa shape index (κ2) is 13.3. The SMILES string of the molecule is CO[Si](CCCNCCN)(OC)OC.Cl.N. The molecule has 0 aromatic carbocycles. The molecule has 0 fully saturated rings. The summed E-state index contributed by atoms with van der Waals surface area (Å²) < 4.78 is 15.9. The van der Waals surface area contributed by atoms with E-state index in [1.807, 2.05) is 0 Å². The lowest BCUT2D eigenvalue weighted by Crippen LogP contribution is -2.43. The average Bonchev–Trinajstić information content (AvgIpc) is 2.24. The zero-order valence-electron chi connectivity index (χ0n) is 10.5. The molecular weight excluding hydrogens is 250 g/mol. The fourth-order valence-corrected chi connectivity index (χ4v) is 2.94. The molecule has 102 valence electrons. The van der Waals surface area contributed by atoms with E-state index < -0.39 is 8.80 Å². The molecule has 0 saturated carbocycles. The molecule has 0 rings (SSSR count). The third-order valence-electron chi connectivity index (χ3n) is 2.09. The summed E-state index contributed by atoms with van der Waals surface area (Å²) in [6.07, 6.45) is 0.974. The fraction of sp³-hybridized carbons (Fsp3) is 1.00. The van der Waals surface area contributed by atoms with Crippen LogP contribution in [0.25, 0.3) is 0 Å². The maximum atomic E-state index is 5.35. The Hall–Kier alpha value is 0.267. The molecule has 0 amide bonds. The van der Waals surface area contributed by atoms with Crippen molar-refractivity contribution in [3.05, 3.63) is 0 Å². The zero-order valence-corrected chi connectivity index (χ0v) is 12.3.